The van der Waals surface area contributed by atoms with Crippen LogP contribution in [-0.4, -0.2) is 27.0 Å². The number of hydrogen-bond donors (Lipinski definition) is 0. The van der Waals surface area contributed by atoms with Gasteiger partial charge in [0.2, 0.25) is 12.5 Å². The fraction of sp³-hybridized carbons (Fsp3) is 0.417. The molecule has 0 aromatic heterocycles. The van der Waals surface area contributed by atoms with Crippen LogP contribution in [0.1, 0.15) is 12.0 Å². The predicted octanol–water partition coefficient (Wildman–Crippen LogP) is 1.53. The molecule has 0 saturated carbocycles. The van der Waals surface area contributed by atoms with Crippen LogP contribution >= 0.6 is 0 Å². The van der Waals surface area contributed by atoms with Crippen LogP contribution in [0.3, 0.4) is 0 Å². The van der Waals surface area contributed by atoms with E-state index in [0.29, 0.717) is 30.1 Å². The van der Waals surface area contributed by atoms with E-state index in [2.05, 4.69) is 4.74 Å². The van der Waals surface area contributed by atoms with Gasteiger partial charge in [0.15, 0.2) is 11.5 Å². The summed E-state index contributed by atoms with van der Waals surface area (Å²) in [4.78, 5) is 11.1. The van der Waals surface area contributed by atoms with E-state index in [1.165, 1.54) is 7.11 Å². The number of carbonyl (C=O) groups excluding carboxylic acids is 1. The van der Waals surface area contributed by atoms with Gasteiger partial charge in [-0.2, -0.15) is 0 Å². The molecule has 0 spiro atoms. The third-order valence-corrected chi connectivity index (χ3v) is 2.56. The average Bonchev–Trinajstić information content (AvgIpc) is 2.82. The van der Waals surface area contributed by atoms with Crippen LogP contribution in [0.2, 0.25) is 0 Å². The Kier molecular flexibility index (Phi) is 3.37. The molecule has 2 rings (SSSR count). The first kappa shape index (κ1) is 11.6. The Hall–Kier alpha value is -1.91. The minimum absolute atomic E-state index is 0.201. The summed E-state index contributed by atoms with van der Waals surface area (Å²) in [6.45, 7) is 0.201. The van der Waals surface area contributed by atoms with Gasteiger partial charge >= 0.3 is 5.97 Å². The van der Waals surface area contributed by atoms with E-state index in [-0.39, 0.29) is 12.8 Å². The van der Waals surface area contributed by atoms with Crippen LogP contribution in [0.15, 0.2) is 12.1 Å². The molecule has 0 unspecified atom stereocenters. The van der Waals surface area contributed by atoms with Gasteiger partial charge < -0.3 is 18.9 Å². The van der Waals surface area contributed by atoms with Crippen molar-refractivity contribution in [1.82, 2.24) is 0 Å². The number of aryl methyl sites for hydroxylation is 1. The second-order valence-corrected chi connectivity index (χ2v) is 3.61. The van der Waals surface area contributed by atoms with Gasteiger partial charge in [-0.3, -0.25) is 4.79 Å². The number of hydrogen-bond acceptors (Lipinski definition) is 5. The predicted molar refractivity (Wildman–Crippen MR) is 59.5 cm³/mol. The number of carbonyl (C=O) groups is 1. The van der Waals surface area contributed by atoms with Crippen LogP contribution < -0.4 is 14.2 Å². The maximum atomic E-state index is 11.1. The molecule has 1 aromatic rings. The fourth-order valence-electron chi connectivity index (χ4n) is 1.68. The molecule has 0 aliphatic carbocycles. The third kappa shape index (κ3) is 2.43. The molecule has 1 heterocycles. The Morgan fingerprint density at radius 3 is 2.88 bits per heavy atom. The molecule has 0 radical (unpaired) electrons. The second kappa shape index (κ2) is 4.95. The maximum absolute atomic E-state index is 11.1. The number of rotatable bonds is 4. The largest absolute Gasteiger partial charge is 0.493 e. The summed E-state index contributed by atoms with van der Waals surface area (Å²) in [5, 5.41) is 0. The molecule has 1 aliphatic rings. The SMILES string of the molecule is COC(=O)CCc1cc(OC)c2c(c1)OCO2. The lowest BCUT2D eigenvalue weighted by Crippen LogP contribution is -2.02. The van der Waals surface area contributed by atoms with Crippen molar-refractivity contribution >= 4 is 5.97 Å². The topological polar surface area (TPSA) is 54.0 Å². The van der Waals surface area contributed by atoms with Crippen LogP contribution in [0.25, 0.3) is 0 Å². The van der Waals surface area contributed by atoms with Crippen molar-refractivity contribution in [3.05, 3.63) is 17.7 Å². The highest BCUT2D eigenvalue weighted by molar-refractivity contribution is 5.69. The molecule has 5 heteroatoms. The third-order valence-electron chi connectivity index (χ3n) is 2.56. The highest BCUT2D eigenvalue weighted by atomic mass is 16.7. The summed E-state index contributed by atoms with van der Waals surface area (Å²) in [6, 6.07) is 3.70. The molecular formula is C12H14O5. The maximum Gasteiger partial charge on any atom is 0.305 e. The van der Waals surface area contributed by atoms with Gasteiger partial charge in [0, 0.05) is 6.42 Å². The number of benzene rings is 1. The Morgan fingerprint density at radius 1 is 1.35 bits per heavy atom. The molecule has 0 amide bonds. The quantitative estimate of drug-likeness (QED) is 0.744. The first-order chi connectivity index (χ1) is 8.24. The van der Waals surface area contributed by atoms with Gasteiger partial charge in [-0.1, -0.05) is 0 Å². The van der Waals surface area contributed by atoms with Crippen molar-refractivity contribution in [2.75, 3.05) is 21.0 Å². The van der Waals surface area contributed by atoms with Crippen molar-refractivity contribution in [3.63, 3.8) is 0 Å². The standard InChI is InChI=1S/C12H14O5/c1-14-9-5-8(3-4-11(13)15-2)6-10-12(9)17-7-16-10/h5-6H,3-4,7H2,1-2H3. The van der Waals surface area contributed by atoms with Crippen molar-refractivity contribution in [2.24, 2.45) is 0 Å². The van der Waals surface area contributed by atoms with E-state index >= 15 is 0 Å². The summed E-state index contributed by atoms with van der Waals surface area (Å²) in [7, 11) is 2.95. The van der Waals surface area contributed by atoms with E-state index in [4.69, 9.17) is 14.2 Å². The van der Waals surface area contributed by atoms with Gasteiger partial charge in [-0.15, -0.1) is 0 Å². The molecule has 0 saturated heterocycles. The zero-order valence-electron chi connectivity index (χ0n) is 9.82. The summed E-state index contributed by atoms with van der Waals surface area (Å²) < 4.78 is 20.4. The molecule has 1 aliphatic heterocycles. The van der Waals surface area contributed by atoms with E-state index in [1.807, 2.05) is 12.1 Å². The highest BCUT2D eigenvalue weighted by Crippen LogP contribution is 2.41. The number of fused-ring (bicyclic) bond motifs is 1. The van der Waals surface area contributed by atoms with Crippen molar-refractivity contribution in [2.45, 2.75) is 12.8 Å². The smallest absolute Gasteiger partial charge is 0.305 e. The van der Waals surface area contributed by atoms with Crippen LogP contribution in [0, 0.1) is 0 Å². The average molecular weight is 238 g/mol. The van der Waals surface area contributed by atoms with Gasteiger partial charge in [0.1, 0.15) is 0 Å². The molecule has 0 bridgehead atoms. The zero-order chi connectivity index (χ0) is 12.3. The van der Waals surface area contributed by atoms with E-state index < -0.39 is 0 Å². The molecule has 17 heavy (non-hydrogen) atoms. The summed E-state index contributed by atoms with van der Waals surface area (Å²) in [5.41, 5.74) is 0.955. The lowest BCUT2D eigenvalue weighted by molar-refractivity contribution is -0.140. The number of ether oxygens (including phenoxy) is 4. The second-order valence-electron chi connectivity index (χ2n) is 3.61. The molecule has 5 nitrogen and oxygen atoms in total. The van der Waals surface area contributed by atoms with Gasteiger partial charge in [-0.05, 0) is 24.1 Å². The minimum atomic E-state index is -0.235. The number of methoxy groups -OCH3 is 2. The summed E-state index contributed by atoms with van der Waals surface area (Å²) in [6.07, 6.45) is 0.916. The van der Waals surface area contributed by atoms with Crippen molar-refractivity contribution in [1.29, 1.82) is 0 Å². The van der Waals surface area contributed by atoms with E-state index in [1.54, 1.807) is 7.11 Å². The normalized spacial score (nSPS) is 12.4. The highest BCUT2D eigenvalue weighted by Gasteiger charge is 2.20. The lowest BCUT2D eigenvalue weighted by atomic mass is 10.1. The summed E-state index contributed by atoms with van der Waals surface area (Å²) in [5.74, 6) is 1.67. The Balaban J connectivity index is 2.16. The van der Waals surface area contributed by atoms with Crippen LogP contribution in [0.4, 0.5) is 0 Å². The molecule has 1 aromatic carbocycles. The Bertz CT molecular complexity index is 427. The van der Waals surface area contributed by atoms with Gasteiger partial charge in [-0.25, -0.2) is 0 Å². The van der Waals surface area contributed by atoms with Crippen molar-refractivity contribution < 1.29 is 23.7 Å². The molecular weight excluding hydrogens is 224 g/mol. The van der Waals surface area contributed by atoms with Crippen LogP contribution in [0.5, 0.6) is 17.2 Å². The summed E-state index contributed by atoms with van der Waals surface area (Å²) >= 11 is 0. The van der Waals surface area contributed by atoms with E-state index in [9.17, 15) is 4.79 Å². The lowest BCUT2D eigenvalue weighted by Gasteiger charge is -2.07. The monoisotopic (exact) mass is 238 g/mol. The molecule has 0 N–H and O–H groups in total. The van der Waals surface area contributed by atoms with Gasteiger partial charge in [0.25, 0.3) is 0 Å². The van der Waals surface area contributed by atoms with Crippen molar-refractivity contribution in [3.8, 4) is 17.2 Å². The van der Waals surface area contributed by atoms with Gasteiger partial charge in [0.05, 0.1) is 14.2 Å². The Morgan fingerprint density at radius 2 is 2.18 bits per heavy atom. The fourth-order valence-corrected chi connectivity index (χ4v) is 1.68. The Labute approximate surface area is 99.2 Å². The zero-order valence-corrected chi connectivity index (χ0v) is 9.82. The number of esters is 1. The van der Waals surface area contributed by atoms with E-state index in [0.717, 1.165) is 5.56 Å². The first-order valence-corrected chi connectivity index (χ1v) is 5.28. The minimum Gasteiger partial charge on any atom is -0.493 e. The molecule has 0 fully saturated rings. The molecule has 92 valence electrons. The first-order valence-electron chi connectivity index (χ1n) is 5.28. The molecule has 0 atom stereocenters. The van der Waals surface area contributed by atoms with Crippen LogP contribution in [-0.2, 0) is 16.0 Å².